The molecule has 0 N–H and O–H groups in total. The Morgan fingerprint density at radius 2 is 1.09 bits per heavy atom. The molecule has 0 radical (unpaired) electrons. The van der Waals surface area contributed by atoms with Gasteiger partial charge in [-0.2, -0.15) is 0 Å². The topological polar surface area (TPSA) is 20.3 Å². The summed E-state index contributed by atoms with van der Waals surface area (Å²) in [4.78, 5) is 14.5. The second-order valence-electron chi connectivity index (χ2n) is 5.12. The Balaban J connectivity index is 2.00. The maximum atomic E-state index is 13.1. The van der Waals surface area contributed by atoms with Crippen LogP contribution in [0.3, 0.4) is 0 Å². The zero-order valence-electron chi connectivity index (χ0n) is 12.5. The van der Waals surface area contributed by atoms with Crippen LogP contribution in [-0.2, 0) is 4.79 Å². The van der Waals surface area contributed by atoms with Gasteiger partial charge in [0, 0.05) is 11.4 Å². The molecule has 114 valence electrons. The molecule has 1 amide bonds. The quantitative estimate of drug-likeness (QED) is 0.560. The fourth-order valence-corrected chi connectivity index (χ4v) is 2.95. The van der Waals surface area contributed by atoms with Crippen LogP contribution in [0, 0.1) is 0 Å². The van der Waals surface area contributed by atoms with E-state index in [4.69, 9.17) is 0 Å². The van der Waals surface area contributed by atoms with E-state index in [1.165, 1.54) is 0 Å². The van der Waals surface area contributed by atoms with Gasteiger partial charge in [-0.05, 0) is 29.8 Å². The molecule has 0 fully saturated rings. The van der Waals surface area contributed by atoms with Gasteiger partial charge in [-0.1, -0.05) is 82.7 Å². The summed E-state index contributed by atoms with van der Waals surface area (Å²) in [7, 11) is 0. The van der Waals surface area contributed by atoms with Gasteiger partial charge < -0.3 is 0 Å². The van der Waals surface area contributed by atoms with Crippen molar-refractivity contribution in [2.45, 2.75) is 4.83 Å². The van der Waals surface area contributed by atoms with Crippen LogP contribution in [0.2, 0.25) is 0 Å². The first-order valence-electron chi connectivity index (χ1n) is 7.40. The zero-order valence-corrected chi connectivity index (χ0v) is 14.1. The number of halogens is 1. The van der Waals surface area contributed by atoms with Crippen LogP contribution in [0.15, 0.2) is 91.0 Å². The minimum atomic E-state index is -0.399. The highest BCUT2D eigenvalue weighted by Crippen LogP contribution is 2.32. The Morgan fingerprint density at radius 3 is 1.52 bits per heavy atom. The Morgan fingerprint density at radius 1 is 0.696 bits per heavy atom. The number of carbonyl (C=O) groups excluding carboxylic acids is 1. The standard InChI is InChI=1S/C20H16BrNO/c21-19(16-10-4-1-5-11-16)20(23)22(17-12-6-2-7-13-17)18-14-8-3-9-15-18/h1-15,19H. The summed E-state index contributed by atoms with van der Waals surface area (Å²) in [5.41, 5.74) is 2.64. The molecule has 0 aliphatic carbocycles. The number of carbonyl (C=O) groups is 1. The van der Waals surface area contributed by atoms with Crippen molar-refractivity contribution in [2.24, 2.45) is 0 Å². The minimum absolute atomic E-state index is 0.0198. The average Bonchev–Trinajstić information content (AvgIpc) is 2.64. The zero-order chi connectivity index (χ0) is 16.1. The van der Waals surface area contributed by atoms with E-state index in [0.29, 0.717) is 0 Å². The Labute approximate surface area is 144 Å². The SMILES string of the molecule is O=C(C(Br)c1ccccc1)N(c1ccccc1)c1ccccc1. The van der Waals surface area contributed by atoms with Crippen LogP contribution in [-0.4, -0.2) is 5.91 Å². The lowest BCUT2D eigenvalue weighted by Gasteiger charge is -2.25. The van der Waals surface area contributed by atoms with Crippen molar-refractivity contribution in [1.29, 1.82) is 0 Å². The van der Waals surface area contributed by atoms with Crippen molar-refractivity contribution in [3.8, 4) is 0 Å². The largest absolute Gasteiger partial charge is 0.280 e. The molecule has 3 rings (SSSR count). The summed E-state index contributed by atoms with van der Waals surface area (Å²) in [6.07, 6.45) is 0. The fraction of sp³-hybridized carbons (Fsp3) is 0.0500. The van der Waals surface area contributed by atoms with Crippen LogP contribution in [0.1, 0.15) is 10.4 Å². The molecule has 0 aliphatic heterocycles. The lowest BCUT2D eigenvalue weighted by Crippen LogP contribution is -2.29. The normalized spacial score (nSPS) is 11.7. The van der Waals surface area contributed by atoms with E-state index in [0.717, 1.165) is 16.9 Å². The van der Waals surface area contributed by atoms with E-state index in [9.17, 15) is 4.79 Å². The first-order valence-corrected chi connectivity index (χ1v) is 8.32. The number of nitrogens with zero attached hydrogens (tertiary/aromatic N) is 1. The molecule has 3 aromatic rings. The monoisotopic (exact) mass is 365 g/mol. The van der Waals surface area contributed by atoms with E-state index in [1.54, 1.807) is 4.90 Å². The second kappa shape index (κ2) is 7.25. The van der Waals surface area contributed by atoms with Gasteiger partial charge in [-0.15, -0.1) is 0 Å². The number of hydrogen-bond acceptors (Lipinski definition) is 1. The summed E-state index contributed by atoms with van der Waals surface area (Å²) in [5.74, 6) is -0.0198. The van der Waals surface area contributed by atoms with Crippen LogP contribution < -0.4 is 4.90 Å². The lowest BCUT2D eigenvalue weighted by atomic mass is 10.1. The molecule has 1 atom stereocenters. The summed E-state index contributed by atoms with van der Waals surface area (Å²) >= 11 is 3.56. The van der Waals surface area contributed by atoms with Crippen molar-refractivity contribution in [3.63, 3.8) is 0 Å². The summed E-state index contributed by atoms with van der Waals surface area (Å²) in [6.45, 7) is 0. The van der Waals surface area contributed by atoms with Crippen molar-refractivity contribution in [2.75, 3.05) is 4.90 Å². The van der Waals surface area contributed by atoms with Gasteiger partial charge in [0.25, 0.3) is 0 Å². The maximum Gasteiger partial charge on any atom is 0.249 e. The molecule has 1 unspecified atom stereocenters. The summed E-state index contributed by atoms with van der Waals surface area (Å²) in [6, 6.07) is 29.1. The minimum Gasteiger partial charge on any atom is -0.280 e. The molecule has 23 heavy (non-hydrogen) atoms. The average molecular weight is 366 g/mol. The predicted molar refractivity (Wildman–Crippen MR) is 98.1 cm³/mol. The van der Waals surface area contributed by atoms with E-state index in [1.807, 2.05) is 91.0 Å². The third-order valence-corrected chi connectivity index (χ3v) is 4.48. The van der Waals surface area contributed by atoms with Crippen LogP contribution in [0.25, 0.3) is 0 Å². The van der Waals surface area contributed by atoms with Gasteiger partial charge in [0.1, 0.15) is 4.83 Å². The number of anilines is 2. The summed E-state index contributed by atoms with van der Waals surface area (Å²) in [5, 5.41) is 0. The molecule has 0 aliphatic rings. The third-order valence-electron chi connectivity index (χ3n) is 3.56. The molecule has 0 aromatic heterocycles. The van der Waals surface area contributed by atoms with Crippen molar-refractivity contribution >= 4 is 33.2 Å². The molecule has 0 heterocycles. The number of benzene rings is 3. The molecule has 0 bridgehead atoms. The maximum absolute atomic E-state index is 13.1. The van der Waals surface area contributed by atoms with E-state index in [-0.39, 0.29) is 5.91 Å². The molecule has 3 heteroatoms. The highest BCUT2D eigenvalue weighted by Gasteiger charge is 2.25. The second-order valence-corrected chi connectivity index (χ2v) is 6.03. The van der Waals surface area contributed by atoms with Crippen LogP contribution in [0.4, 0.5) is 11.4 Å². The summed E-state index contributed by atoms with van der Waals surface area (Å²) < 4.78 is 0. The smallest absolute Gasteiger partial charge is 0.249 e. The predicted octanol–water partition coefficient (Wildman–Crippen LogP) is 5.49. The molecule has 3 aromatic carbocycles. The van der Waals surface area contributed by atoms with Gasteiger partial charge in [-0.3, -0.25) is 9.69 Å². The first kappa shape index (κ1) is 15.5. The number of rotatable bonds is 4. The molecule has 2 nitrogen and oxygen atoms in total. The van der Waals surface area contributed by atoms with Gasteiger partial charge >= 0.3 is 0 Å². The number of alkyl halides is 1. The van der Waals surface area contributed by atoms with Gasteiger partial charge in [-0.25, -0.2) is 0 Å². The van der Waals surface area contributed by atoms with Gasteiger partial charge in [0.15, 0.2) is 0 Å². The van der Waals surface area contributed by atoms with E-state index >= 15 is 0 Å². The van der Waals surface area contributed by atoms with E-state index in [2.05, 4.69) is 15.9 Å². The third kappa shape index (κ3) is 3.51. The van der Waals surface area contributed by atoms with Gasteiger partial charge in [0.2, 0.25) is 5.91 Å². The number of hydrogen-bond donors (Lipinski definition) is 0. The molecule has 0 saturated carbocycles. The molecule has 0 saturated heterocycles. The van der Waals surface area contributed by atoms with Crippen LogP contribution in [0.5, 0.6) is 0 Å². The first-order chi connectivity index (χ1) is 11.3. The van der Waals surface area contributed by atoms with Crippen molar-refractivity contribution < 1.29 is 4.79 Å². The lowest BCUT2D eigenvalue weighted by molar-refractivity contribution is -0.117. The number of amides is 1. The fourth-order valence-electron chi connectivity index (χ4n) is 2.44. The van der Waals surface area contributed by atoms with Gasteiger partial charge in [0.05, 0.1) is 0 Å². The highest BCUT2D eigenvalue weighted by molar-refractivity contribution is 9.09. The Hall–Kier alpha value is -2.39. The van der Waals surface area contributed by atoms with Crippen LogP contribution >= 0.6 is 15.9 Å². The highest BCUT2D eigenvalue weighted by atomic mass is 79.9. The van der Waals surface area contributed by atoms with E-state index < -0.39 is 4.83 Å². The number of para-hydroxylation sites is 2. The van der Waals surface area contributed by atoms with Crippen molar-refractivity contribution in [1.82, 2.24) is 0 Å². The Bertz CT molecular complexity index is 720. The Kier molecular flexibility index (Phi) is 4.89. The molecular formula is C20H16BrNO. The van der Waals surface area contributed by atoms with Crippen molar-refractivity contribution in [3.05, 3.63) is 96.6 Å². The molecular weight excluding hydrogens is 350 g/mol. The molecule has 0 spiro atoms.